The minimum Gasteiger partial charge on any atom is -0.491 e. The normalized spacial score (nSPS) is 13.8. The lowest BCUT2D eigenvalue weighted by Crippen LogP contribution is -2.51. The second-order valence-corrected chi connectivity index (χ2v) is 6.04. The molecule has 1 atom stereocenters. The molecule has 0 bridgehead atoms. The Hall–Kier alpha value is -1.06. The molecule has 0 saturated heterocycles. The molecule has 0 heterocycles. The van der Waals surface area contributed by atoms with Crippen molar-refractivity contribution in [1.82, 2.24) is 4.90 Å². The Morgan fingerprint density at radius 1 is 1.10 bits per heavy atom. The quantitative estimate of drug-likeness (QED) is 0.828. The maximum absolute atomic E-state index is 6.49. The fraction of sp³-hybridized carbons (Fsp3) is 0.647. The van der Waals surface area contributed by atoms with Crippen molar-refractivity contribution in [2.75, 3.05) is 13.1 Å². The molecule has 0 amide bonds. The topological polar surface area (TPSA) is 38.5 Å². The van der Waals surface area contributed by atoms with Crippen molar-refractivity contribution < 1.29 is 4.74 Å². The Balaban J connectivity index is 2.88. The average Bonchev–Trinajstić information content (AvgIpc) is 2.39. The van der Waals surface area contributed by atoms with E-state index in [-0.39, 0.29) is 17.7 Å². The summed E-state index contributed by atoms with van der Waals surface area (Å²) in [5.41, 5.74) is 7.58. The van der Waals surface area contributed by atoms with E-state index in [0.717, 1.165) is 24.4 Å². The van der Waals surface area contributed by atoms with Crippen molar-refractivity contribution in [3.63, 3.8) is 0 Å². The highest BCUT2D eigenvalue weighted by atomic mass is 16.5. The van der Waals surface area contributed by atoms with Crippen LogP contribution in [0.4, 0.5) is 0 Å². The van der Waals surface area contributed by atoms with E-state index >= 15 is 0 Å². The van der Waals surface area contributed by atoms with Crippen LogP contribution in [0.2, 0.25) is 0 Å². The smallest absolute Gasteiger partial charge is 0.119 e. The fourth-order valence-corrected chi connectivity index (χ4v) is 2.67. The van der Waals surface area contributed by atoms with Gasteiger partial charge in [-0.3, -0.25) is 4.90 Å². The van der Waals surface area contributed by atoms with Gasteiger partial charge in [-0.25, -0.2) is 0 Å². The monoisotopic (exact) mass is 278 g/mol. The minimum absolute atomic E-state index is 0.0181. The number of ether oxygens (including phenoxy) is 1. The molecule has 0 aliphatic heterocycles. The van der Waals surface area contributed by atoms with Gasteiger partial charge >= 0.3 is 0 Å². The first-order chi connectivity index (χ1) is 9.32. The largest absolute Gasteiger partial charge is 0.491 e. The van der Waals surface area contributed by atoms with Crippen LogP contribution in [0.1, 0.15) is 53.1 Å². The second kappa shape index (κ2) is 7.09. The number of nitrogens with zero attached hydrogens (tertiary/aromatic N) is 1. The molecule has 0 aliphatic rings. The fourth-order valence-electron chi connectivity index (χ4n) is 2.67. The summed E-state index contributed by atoms with van der Waals surface area (Å²) in [7, 11) is 0. The number of rotatable bonds is 7. The van der Waals surface area contributed by atoms with Crippen LogP contribution in [0.15, 0.2) is 24.3 Å². The van der Waals surface area contributed by atoms with E-state index < -0.39 is 0 Å². The van der Waals surface area contributed by atoms with Crippen LogP contribution in [0.5, 0.6) is 5.75 Å². The third-order valence-corrected chi connectivity index (χ3v) is 3.95. The molecule has 0 aliphatic carbocycles. The second-order valence-electron chi connectivity index (χ2n) is 6.04. The van der Waals surface area contributed by atoms with Crippen LogP contribution in [0, 0.1) is 0 Å². The van der Waals surface area contributed by atoms with Gasteiger partial charge in [-0.2, -0.15) is 0 Å². The highest BCUT2D eigenvalue weighted by molar-refractivity contribution is 5.30. The molecule has 0 saturated carbocycles. The summed E-state index contributed by atoms with van der Waals surface area (Å²) in [6, 6.07) is 8.15. The maximum Gasteiger partial charge on any atom is 0.119 e. The predicted molar refractivity (Wildman–Crippen MR) is 86.1 cm³/mol. The minimum atomic E-state index is -0.0656. The number of nitrogens with two attached hydrogens (primary N) is 1. The van der Waals surface area contributed by atoms with Crippen molar-refractivity contribution in [2.45, 2.75) is 59.2 Å². The summed E-state index contributed by atoms with van der Waals surface area (Å²) < 4.78 is 5.67. The van der Waals surface area contributed by atoms with Crippen molar-refractivity contribution in [3.05, 3.63) is 29.8 Å². The molecule has 1 aromatic carbocycles. The molecule has 0 fully saturated rings. The Bertz CT molecular complexity index is 394. The molecule has 2 N–H and O–H groups in total. The van der Waals surface area contributed by atoms with Gasteiger partial charge < -0.3 is 10.5 Å². The van der Waals surface area contributed by atoms with Crippen LogP contribution in [0.3, 0.4) is 0 Å². The van der Waals surface area contributed by atoms with E-state index in [9.17, 15) is 0 Å². The summed E-state index contributed by atoms with van der Waals surface area (Å²) in [5.74, 6) is 0.900. The van der Waals surface area contributed by atoms with Gasteiger partial charge in [-0.1, -0.05) is 26.0 Å². The third kappa shape index (κ3) is 3.97. The maximum atomic E-state index is 6.49. The van der Waals surface area contributed by atoms with E-state index in [1.165, 1.54) is 0 Å². The molecule has 3 nitrogen and oxygen atoms in total. The zero-order chi connectivity index (χ0) is 15.3. The first-order valence-electron chi connectivity index (χ1n) is 7.60. The number of likely N-dealkylation sites (N-methyl/N-ethyl adjacent to an activating group) is 1. The summed E-state index contributed by atoms with van der Waals surface area (Å²) in [6.45, 7) is 14.9. The molecular weight excluding hydrogens is 248 g/mol. The SMILES string of the molecule is CCN(CC)C(C)(C)C(N)c1ccc(OC(C)C)cc1. The van der Waals surface area contributed by atoms with E-state index in [4.69, 9.17) is 10.5 Å². The summed E-state index contributed by atoms with van der Waals surface area (Å²) >= 11 is 0. The van der Waals surface area contributed by atoms with Crippen molar-refractivity contribution in [3.8, 4) is 5.75 Å². The Morgan fingerprint density at radius 3 is 2.00 bits per heavy atom. The standard InChI is InChI=1S/C17H30N2O/c1-7-19(8-2)17(5,6)16(18)14-9-11-15(12-10-14)20-13(3)4/h9-13,16H,7-8,18H2,1-6H3. The van der Waals surface area contributed by atoms with E-state index in [2.05, 4.69) is 44.7 Å². The van der Waals surface area contributed by atoms with Crippen LogP contribution >= 0.6 is 0 Å². The van der Waals surface area contributed by atoms with Gasteiger partial charge in [-0.15, -0.1) is 0 Å². The van der Waals surface area contributed by atoms with Crippen molar-refractivity contribution in [1.29, 1.82) is 0 Å². The van der Waals surface area contributed by atoms with Gasteiger partial charge in [0.25, 0.3) is 0 Å². The first kappa shape index (κ1) is 17.0. The van der Waals surface area contributed by atoms with Crippen LogP contribution in [-0.4, -0.2) is 29.6 Å². The Morgan fingerprint density at radius 2 is 1.60 bits per heavy atom. The molecule has 0 radical (unpaired) electrons. The highest BCUT2D eigenvalue weighted by Crippen LogP contribution is 2.30. The predicted octanol–water partition coefficient (Wildman–Crippen LogP) is 3.59. The summed E-state index contributed by atoms with van der Waals surface area (Å²) in [5, 5.41) is 0. The molecule has 20 heavy (non-hydrogen) atoms. The zero-order valence-electron chi connectivity index (χ0n) is 13.8. The molecule has 3 heteroatoms. The molecule has 0 spiro atoms. The van der Waals surface area contributed by atoms with Gasteiger partial charge in [0.2, 0.25) is 0 Å². The van der Waals surface area contributed by atoms with Gasteiger partial charge in [0, 0.05) is 11.6 Å². The third-order valence-electron chi connectivity index (χ3n) is 3.95. The van der Waals surface area contributed by atoms with Crippen LogP contribution < -0.4 is 10.5 Å². The number of benzene rings is 1. The molecule has 1 aromatic rings. The van der Waals surface area contributed by atoms with E-state index in [0.29, 0.717) is 0 Å². The van der Waals surface area contributed by atoms with Crippen LogP contribution in [-0.2, 0) is 0 Å². The molecule has 114 valence electrons. The Kier molecular flexibility index (Phi) is 6.03. The number of hydrogen-bond donors (Lipinski definition) is 1. The van der Waals surface area contributed by atoms with Gasteiger partial charge in [0.15, 0.2) is 0 Å². The molecule has 1 unspecified atom stereocenters. The number of hydrogen-bond acceptors (Lipinski definition) is 3. The molecule has 1 rings (SSSR count). The lowest BCUT2D eigenvalue weighted by atomic mass is 9.87. The van der Waals surface area contributed by atoms with Crippen molar-refractivity contribution in [2.24, 2.45) is 5.73 Å². The van der Waals surface area contributed by atoms with Crippen molar-refractivity contribution >= 4 is 0 Å². The highest BCUT2D eigenvalue weighted by Gasteiger charge is 2.32. The Labute approximate surface area is 124 Å². The zero-order valence-corrected chi connectivity index (χ0v) is 13.8. The summed E-state index contributed by atoms with van der Waals surface area (Å²) in [6.07, 6.45) is 0.196. The first-order valence-corrected chi connectivity index (χ1v) is 7.60. The average molecular weight is 278 g/mol. The van der Waals surface area contributed by atoms with Crippen LogP contribution in [0.25, 0.3) is 0 Å². The molecule has 0 aromatic heterocycles. The lowest BCUT2D eigenvalue weighted by Gasteiger charge is -2.42. The van der Waals surface area contributed by atoms with Gasteiger partial charge in [0.1, 0.15) is 5.75 Å². The van der Waals surface area contributed by atoms with E-state index in [1.807, 2.05) is 26.0 Å². The lowest BCUT2D eigenvalue weighted by molar-refractivity contribution is 0.107. The molecular formula is C17H30N2O. The van der Waals surface area contributed by atoms with E-state index in [1.54, 1.807) is 0 Å². The summed E-state index contributed by atoms with van der Waals surface area (Å²) in [4.78, 5) is 2.40. The van der Waals surface area contributed by atoms with Gasteiger partial charge in [0.05, 0.1) is 6.10 Å². The van der Waals surface area contributed by atoms with Gasteiger partial charge in [-0.05, 0) is 58.5 Å².